The van der Waals surface area contributed by atoms with Gasteiger partial charge in [0.1, 0.15) is 11.6 Å². The Morgan fingerprint density at radius 2 is 1.85 bits per heavy atom. The smallest absolute Gasteiger partial charge is 0.325 e. The molecular formula is C10H9N3O7. The van der Waals surface area contributed by atoms with Crippen molar-refractivity contribution in [1.29, 1.82) is 0 Å². The zero-order valence-corrected chi connectivity index (χ0v) is 10.1. The summed E-state index contributed by atoms with van der Waals surface area (Å²) in [5, 5.41) is 32.0. The standard InChI is InChI=1S/C10H9N3O7/c1-5(10(15)16)11-9(14)7-3-2-6(12(17)18)4-8(7)13(19)20/h2-5H,1H3,(H,11,14)(H,15,16)/t5-/m1/s1. The van der Waals surface area contributed by atoms with Crippen molar-refractivity contribution in [2.45, 2.75) is 13.0 Å². The molecule has 0 aliphatic heterocycles. The van der Waals surface area contributed by atoms with E-state index in [2.05, 4.69) is 0 Å². The Kier molecular flexibility index (Phi) is 4.31. The molecule has 0 spiro atoms. The summed E-state index contributed by atoms with van der Waals surface area (Å²) in [6.07, 6.45) is 0. The summed E-state index contributed by atoms with van der Waals surface area (Å²) in [6, 6.07) is 1.21. The Morgan fingerprint density at radius 3 is 2.30 bits per heavy atom. The molecule has 0 fully saturated rings. The molecule has 0 aromatic heterocycles. The van der Waals surface area contributed by atoms with Crippen LogP contribution < -0.4 is 5.32 Å². The maximum absolute atomic E-state index is 11.7. The molecule has 1 amide bonds. The van der Waals surface area contributed by atoms with Crippen molar-refractivity contribution in [3.8, 4) is 0 Å². The Morgan fingerprint density at radius 1 is 1.25 bits per heavy atom. The number of hydrogen-bond donors (Lipinski definition) is 2. The van der Waals surface area contributed by atoms with Crippen LogP contribution >= 0.6 is 0 Å². The van der Waals surface area contributed by atoms with Gasteiger partial charge in [-0.15, -0.1) is 0 Å². The van der Waals surface area contributed by atoms with E-state index in [1.54, 1.807) is 0 Å². The van der Waals surface area contributed by atoms with Crippen molar-refractivity contribution in [3.05, 3.63) is 44.0 Å². The minimum Gasteiger partial charge on any atom is -0.480 e. The highest BCUT2D eigenvalue weighted by Gasteiger charge is 2.25. The maximum Gasteiger partial charge on any atom is 0.325 e. The third-order valence-corrected chi connectivity index (χ3v) is 2.35. The van der Waals surface area contributed by atoms with Crippen LogP contribution in [-0.2, 0) is 4.79 Å². The molecule has 0 saturated heterocycles. The van der Waals surface area contributed by atoms with Gasteiger partial charge in [-0.3, -0.25) is 29.8 Å². The van der Waals surface area contributed by atoms with Crippen LogP contribution in [0.4, 0.5) is 11.4 Å². The SMILES string of the molecule is C[C@@H](NC(=O)c1ccc([N+](=O)[O-])cc1[N+](=O)[O-])C(=O)O. The number of carbonyl (C=O) groups excluding carboxylic acids is 1. The summed E-state index contributed by atoms with van der Waals surface area (Å²) in [5.41, 5.74) is -1.76. The van der Waals surface area contributed by atoms with Crippen molar-refractivity contribution in [1.82, 2.24) is 5.32 Å². The van der Waals surface area contributed by atoms with Gasteiger partial charge >= 0.3 is 5.97 Å². The van der Waals surface area contributed by atoms with Crippen LogP contribution in [0.3, 0.4) is 0 Å². The third kappa shape index (κ3) is 3.25. The summed E-state index contributed by atoms with van der Waals surface area (Å²) in [6.45, 7) is 1.18. The van der Waals surface area contributed by atoms with E-state index >= 15 is 0 Å². The predicted molar refractivity (Wildman–Crippen MR) is 64.3 cm³/mol. The van der Waals surface area contributed by atoms with Crippen molar-refractivity contribution in [2.75, 3.05) is 0 Å². The fourth-order valence-corrected chi connectivity index (χ4v) is 1.31. The summed E-state index contributed by atoms with van der Waals surface area (Å²) in [4.78, 5) is 41.9. The molecule has 0 aliphatic rings. The normalized spacial score (nSPS) is 11.4. The molecule has 20 heavy (non-hydrogen) atoms. The van der Waals surface area contributed by atoms with Gasteiger partial charge in [-0.05, 0) is 13.0 Å². The highest BCUT2D eigenvalue weighted by molar-refractivity contribution is 6.00. The zero-order chi connectivity index (χ0) is 15.4. The van der Waals surface area contributed by atoms with E-state index in [1.165, 1.54) is 6.92 Å². The van der Waals surface area contributed by atoms with Gasteiger partial charge in [0.15, 0.2) is 0 Å². The highest BCUT2D eigenvalue weighted by atomic mass is 16.6. The fraction of sp³-hybridized carbons (Fsp3) is 0.200. The quantitative estimate of drug-likeness (QED) is 0.595. The lowest BCUT2D eigenvalue weighted by atomic mass is 10.1. The molecule has 0 bridgehead atoms. The molecule has 10 heteroatoms. The molecule has 2 N–H and O–H groups in total. The first-order valence-electron chi connectivity index (χ1n) is 5.20. The molecule has 1 aromatic rings. The van der Waals surface area contributed by atoms with Crippen LogP contribution in [0.15, 0.2) is 18.2 Å². The van der Waals surface area contributed by atoms with E-state index in [-0.39, 0.29) is 0 Å². The topological polar surface area (TPSA) is 153 Å². The number of benzene rings is 1. The van der Waals surface area contributed by atoms with Gasteiger partial charge in [0.25, 0.3) is 17.3 Å². The third-order valence-electron chi connectivity index (χ3n) is 2.35. The molecular weight excluding hydrogens is 274 g/mol. The van der Waals surface area contributed by atoms with Crippen molar-refractivity contribution in [3.63, 3.8) is 0 Å². The number of aliphatic carboxylic acids is 1. The molecule has 1 atom stereocenters. The van der Waals surface area contributed by atoms with Crippen LogP contribution in [0.25, 0.3) is 0 Å². The zero-order valence-electron chi connectivity index (χ0n) is 10.1. The molecule has 0 saturated carbocycles. The lowest BCUT2D eigenvalue weighted by molar-refractivity contribution is -0.394. The molecule has 10 nitrogen and oxygen atoms in total. The van der Waals surface area contributed by atoms with Gasteiger partial charge in [0.2, 0.25) is 0 Å². The van der Waals surface area contributed by atoms with E-state index in [9.17, 15) is 29.8 Å². The number of carbonyl (C=O) groups is 2. The van der Waals surface area contributed by atoms with Crippen LogP contribution in [0.5, 0.6) is 0 Å². The summed E-state index contributed by atoms with van der Waals surface area (Å²) in [7, 11) is 0. The number of carboxylic acids is 1. The number of rotatable bonds is 5. The van der Waals surface area contributed by atoms with Crippen LogP contribution in [0, 0.1) is 20.2 Å². The van der Waals surface area contributed by atoms with Crippen LogP contribution in [0.1, 0.15) is 17.3 Å². The lowest BCUT2D eigenvalue weighted by Crippen LogP contribution is -2.38. The monoisotopic (exact) mass is 283 g/mol. The number of non-ortho nitro benzene ring substituents is 1. The molecule has 0 unspecified atom stereocenters. The fourth-order valence-electron chi connectivity index (χ4n) is 1.31. The number of carboxylic acid groups (broad SMARTS) is 1. The molecule has 1 rings (SSSR count). The Bertz CT molecular complexity index is 599. The van der Waals surface area contributed by atoms with Gasteiger partial charge in [-0.1, -0.05) is 0 Å². The number of nitrogens with one attached hydrogen (secondary N) is 1. The van der Waals surface area contributed by atoms with Crippen LogP contribution in [-0.4, -0.2) is 32.9 Å². The largest absolute Gasteiger partial charge is 0.480 e. The Labute approximate surface area is 111 Å². The summed E-state index contributed by atoms with van der Waals surface area (Å²) < 4.78 is 0. The van der Waals surface area contributed by atoms with E-state index in [1.807, 2.05) is 5.32 Å². The minimum absolute atomic E-state index is 0.450. The second-order valence-electron chi connectivity index (χ2n) is 3.75. The molecule has 1 aromatic carbocycles. The number of nitrogens with zero attached hydrogens (tertiary/aromatic N) is 2. The van der Waals surface area contributed by atoms with Crippen LogP contribution in [0.2, 0.25) is 0 Å². The number of nitro groups is 2. The summed E-state index contributed by atoms with van der Waals surface area (Å²) in [5.74, 6) is -2.32. The van der Waals surface area contributed by atoms with Gasteiger partial charge < -0.3 is 10.4 Å². The first-order chi connectivity index (χ1) is 9.23. The van der Waals surface area contributed by atoms with Gasteiger partial charge in [0.05, 0.1) is 15.9 Å². The molecule has 106 valence electrons. The van der Waals surface area contributed by atoms with E-state index in [0.717, 1.165) is 12.1 Å². The number of hydrogen-bond acceptors (Lipinski definition) is 6. The summed E-state index contributed by atoms with van der Waals surface area (Å²) >= 11 is 0. The number of nitro benzene ring substituents is 2. The Hall–Kier alpha value is -3.04. The first-order valence-corrected chi connectivity index (χ1v) is 5.20. The van der Waals surface area contributed by atoms with E-state index in [0.29, 0.717) is 6.07 Å². The predicted octanol–water partition coefficient (Wildman–Crippen LogP) is 0.706. The molecule has 0 heterocycles. The van der Waals surface area contributed by atoms with Crippen molar-refractivity contribution < 1.29 is 24.5 Å². The second kappa shape index (κ2) is 5.73. The Balaban J connectivity index is 3.17. The second-order valence-corrected chi connectivity index (χ2v) is 3.75. The average molecular weight is 283 g/mol. The van der Waals surface area contributed by atoms with Gasteiger partial charge in [0, 0.05) is 6.07 Å². The average Bonchev–Trinajstić information content (AvgIpc) is 2.37. The number of amides is 1. The van der Waals surface area contributed by atoms with Crippen molar-refractivity contribution >= 4 is 23.3 Å². The molecule has 0 aliphatic carbocycles. The minimum atomic E-state index is -1.32. The first kappa shape index (κ1) is 15.0. The molecule has 0 radical (unpaired) electrons. The van der Waals surface area contributed by atoms with Gasteiger partial charge in [-0.25, -0.2) is 0 Å². The maximum atomic E-state index is 11.7. The van der Waals surface area contributed by atoms with Gasteiger partial charge in [-0.2, -0.15) is 0 Å². The van der Waals surface area contributed by atoms with E-state index in [4.69, 9.17) is 5.11 Å². The highest BCUT2D eigenvalue weighted by Crippen LogP contribution is 2.24. The van der Waals surface area contributed by atoms with Crippen molar-refractivity contribution in [2.24, 2.45) is 0 Å². The van der Waals surface area contributed by atoms with E-state index < -0.39 is 44.7 Å². The lowest BCUT2D eigenvalue weighted by Gasteiger charge is -2.09.